The summed E-state index contributed by atoms with van der Waals surface area (Å²) in [7, 11) is 0. The number of hydrogen-bond donors (Lipinski definition) is 1. The molecule has 1 aromatic rings. The number of rotatable bonds is 6. The van der Waals surface area contributed by atoms with E-state index in [0.717, 1.165) is 24.3 Å². The maximum atomic E-state index is 3.81. The average Bonchev–Trinajstić information content (AvgIpc) is 3.10. The smallest absolute Gasteiger partial charge is 0.0161 e. The van der Waals surface area contributed by atoms with E-state index >= 15 is 0 Å². The summed E-state index contributed by atoms with van der Waals surface area (Å²) in [6.07, 6.45) is 7.39. The summed E-state index contributed by atoms with van der Waals surface area (Å²) in [5.41, 5.74) is 1.68. The number of likely N-dealkylation sites (N-methyl/N-ethyl adjacent to an activating group) is 1. The van der Waals surface area contributed by atoms with Gasteiger partial charge in [-0.05, 0) is 55.5 Å². The van der Waals surface area contributed by atoms with Gasteiger partial charge < -0.3 is 5.32 Å². The van der Waals surface area contributed by atoms with E-state index in [2.05, 4.69) is 56.4 Å². The molecule has 0 heterocycles. The van der Waals surface area contributed by atoms with Crippen LogP contribution in [0.25, 0.3) is 0 Å². The van der Waals surface area contributed by atoms with Crippen LogP contribution in [-0.2, 0) is 5.41 Å². The number of fused-ring (bicyclic) bond motifs is 2. The normalized spacial score (nSPS) is 29.8. The Labute approximate surface area is 130 Å². The molecular formula is C20H31N. The molecule has 0 aromatic heterocycles. The molecule has 4 atom stereocenters. The first-order chi connectivity index (χ1) is 10.1. The summed E-state index contributed by atoms with van der Waals surface area (Å²) in [6, 6.07) is 11.7. The van der Waals surface area contributed by atoms with Gasteiger partial charge in [-0.15, -0.1) is 0 Å². The predicted octanol–water partition coefficient (Wildman–Crippen LogP) is 4.77. The van der Waals surface area contributed by atoms with Gasteiger partial charge in [0.2, 0.25) is 0 Å². The van der Waals surface area contributed by atoms with E-state index in [1.807, 2.05) is 0 Å². The number of nitrogens with one attached hydrogen (secondary N) is 1. The molecule has 0 aliphatic heterocycles. The van der Waals surface area contributed by atoms with Crippen LogP contribution in [-0.4, -0.2) is 12.6 Å². The Morgan fingerprint density at radius 3 is 2.48 bits per heavy atom. The van der Waals surface area contributed by atoms with Gasteiger partial charge in [0, 0.05) is 11.5 Å². The molecule has 2 aliphatic carbocycles. The predicted molar refractivity (Wildman–Crippen MR) is 90.5 cm³/mol. The number of hydrogen-bond acceptors (Lipinski definition) is 1. The van der Waals surface area contributed by atoms with Gasteiger partial charge in [-0.2, -0.15) is 0 Å². The molecule has 0 spiro atoms. The van der Waals surface area contributed by atoms with E-state index in [-0.39, 0.29) is 5.41 Å². The van der Waals surface area contributed by atoms with Crippen molar-refractivity contribution in [3.05, 3.63) is 35.9 Å². The second-order valence-corrected chi connectivity index (χ2v) is 7.87. The third kappa shape index (κ3) is 3.04. The van der Waals surface area contributed by atoms with Crippen molar-refractivity contribution in [3.8, 4) is 0 Å². The Morgan fingerprint density at radius 1 is 1.14 bits per heavy atom. The summed E-state index contributed by atoms with van der Waals surface area (Å²) in [6.45, 7) is 8.16. The van der Waals surface area contributed by atoms with E-state index in [1.165, 1.54) is 37.7 Å². The fourth-order valence-corrected chi connectivity index (χ4v) is 4.92. The monoisotopic (exact) mass is 285 g/mol. The van der Waals surface area contributed by atoms with Gasteiger partial charge in [-0.25, -0.2) is 0 Å². The molecule has 0 radical (unpaired) electrons. The van der Waals surface area contributed by atoms with Gasteiger partial charge in [0.1, 0.15) is 0 Å². The zero-order chi connectivity index (χ0) is 14.9. The van der Waals surface area contributed by atoms with Crippen molar-refractivity contribution in [2.75, 3.05) is 6.54 Å². The van der Waals surface area contributed by atoms with Crippen LogP contribution in [0.1, 0.15) is 58.4 Å². The van der Waals surface area contributed by atoms with Crippen molar-refractivity contribution >= 4 is 0 Å². The third-order valence-electron chi connectivity index (χ3n) is 6.26. The molecule has 2 bridgehead atoms. The highest BCUT2D eigenvalue weighted by Gasteiger charge is 2.42. The lowest BCUT2D eigenvalue weighted by molar-refractivity contribution is 0.230. The highest BCUT2D eigenvalue weighted by atomic mass is 14.9. The van der Waals surface area contributed by atoms with Crippen LogP contribution in [0.3, 0.4) is 0 Å². The van der Waals surface area contributed by atoms with Crippen LogP contribution in [0.2, 0.25) is 0 Å². The highest BCUT2D eigenvalue weighted by molar-refractivity contribution is 5.26. The molecule has 0 amide bonds. The molecule has 1 N–H and O–H groups in total. The molecule has 21 heavy (non-hydrogen) atoms. The van der Waals surface area contributed by atoms with Gasteiger partial charge in [0.15, 0.2) is 0 Å². The summed E-state index contributed by atoms with van der Waals surface area (Å²) in [5.74, 6) is 3.06. The summed E-state index contributed by atoms with van der Waals surface area (Å²) < 4.78 is 0. The maximum Gasteiger partial charge on any atom is 0.0161 e. The molecule has 2 saturated carbocycles. The quantitative estimate of drug-likeness (QED) is 0.794. The van der Waals surface area contributed by atoms with Crippen LogP contribution in [0, 0.1) is 17.8 Å². The van der Waals surface area contributed by atoms with Crippen LogP contribution < -0.4 is 5.32 Å². The van der Waals surface area contributed by atoms with Gasteiger partial charge in [0.25, 0.3) is 0 Å². The molecular weight excluding hydrogens is 254 g/mol. The minimum Gasteiger partial charge on any atom is -0.313 e. The van der Waals surface area contributed by atoms with E-state index < -0.39 is 0 Å². The average molecular weight is 285 g/mol. The summed E-state index contributed by atoms with van der Waals surface area (Å²) in [4.78, 5) is 0. The van der Waals surface area contributed by atoms with Crippen molar-refractivity contribution in [1.82, 2.24) is 5.32 Å². The Balaban J connectivity index is 1.74. The highest BCUT2D eigenvalue weighted by Crippen LogP contribution is 2.50. The zero-order valence-corrected chi connectivity index (χ0v) is 13.9. The minimum absolute atomic E-state index is 0.207. The fraction of sp³-hybridized carbons (Fsp3) is 0.700. The molecule has 0 saturated heterocycles. The van der Waals surface area contributed by atoms with Gasteiger partial charge in [0.05, 0.1) is 0 Å². The van der Waals surface area contributed by atoms with Crippen LogP contribution in [0.4, 0.5) is 0 Å². The van der Waals surface area contributed by atoms with Gasteiger partial charge in [-0.3, -0.25) is 0 Å². The topological polar surface area (TPSA) is 12.0 Å². The molecule has 4 unspecified atom stereocenters. The summed E-state index contributed by atoms with van der Waals surface area (Å²) in [5, 5.41) is 3.81. The van der Waals surface area contributed by atoms with E-state index in [4.69, 9.17) is 0 Å². The molecule has 2 aliphatic rings. The minimum atomic E-state index is 0.207. The van der Waals surface area contributed by atoms with Crippen molar-refractivity contribution in [2.24, 2.45) is 17.8 Å². The largest absolute Gasteiger partial charge is 0.313 e. The van der Waals surface area contributed by atoms with Crippen molar-refractivity contribution in [1.29, 1.82) is 0 Å². The van der Waals surface area contributed by atoms with E-state index in [0.29, 0.717) is 6.04 Å². The number of benzene rings is 1. The van der Waals surface area contributed by atoms with E-state index in [9.17, 15) is 0 Å². The lowest BCUT2D eigenvalue weighted by Gasteiger charge is -2.38. The summed E-state index contributed by atoms with van der Waals surface area (Å²) >= 11 is 0. The van der Waals surface area contributed by atoms with E-state index in [1.54, 1.807) is 0 Å². The second kappa shape index (κ2) is 6.12. The molecule has 1 nitrogen and oxygen atoms in total. The molecule has 1 heteroatoms. The SMILES string of the molecule is CCNC(CC1CC2CCC1C2)C(C)(C)c1ccccc1. The third-order valence-corrected chi connectivity index (χ3v) is 6.26. The van der Waals surface area contributed by atoms with Crippen LogP contribution in [0.5, 0.6) is 0 Å². The maximum absolute atomic E-state index is 3.81. The Morgan fingerprint density at radius 2 is 1.90 bits per heavy atom. The van der Waals surface area contributed by atoms with Crippen molar-refractivity contribution in [3.63, 3.8) is 0 Å². The first kappa shape index (κ1) is 15.1. The van der Waals surface area contributed by atoms with Crippen LogP contribution >= 0.6 is 0 Å². The zero-order valence-electron chi connectivity index (χ0n) is 13.9. The molecule has 3 rings (SSSR count). The second-order valence-electron chi connectivity index (χ2n) is 7.87. The first-order valence-electron chi connectivity index (χ1n) is 8.90. The van der Waals surface area contributed by atoms with Gasteiger partial charge in [-0.1, -0.05) is 57.5 Å². The standard InChI is InChI=1S/C20H31N/c1-4-21-19(14-17-13-15-10-11-16(17)12-15)20(2,3)18-8-6-5-7-9-18/h5-9,15-17,19,21H,4,10-14H2,1-3H3. The fourth-order valence-electron chi connectivity index (χ4n) is 4.92. The van der Waals surface area contributed by atoms with Crippen LogP contribution in [0.15, 0.2) is 30.3 Å². The van der Waals surface area contributed by atoms with Crippen molar-refractivity contribution < 1.29 is 0 Å². The first-order valence-corrected chi connectivity index (χ1v) is 8.90. The molecule has 1 aromatic carbocycles. The Kier molecular flexibility index (Phi) is 4.40. The lowest BCUT2D eigenvalue weighted by Crippen LogP contribution is -2.46. The Hall–Kier alpha value is -0.820. The van der Waals surface area contributed by atoms with Crippen molar-refractivity contribution in [2.45, 2.75) is 64.3 Å². The lowest BCUT2D eigenvalue weighted by atomic mass is 9.72. The molecule has 2 fully saturated rings. The van der Waals surface area contributed by atoms with Gasteiger partial charge >= 0.3 is 0 Å². The Bertz CT molecular complexity index is 450. The molecule has 116 valence electrons.